The van der Waals surface area contributed by atoms with Crippen LogP contribution in [0.4, 0.5) is 4.79 Å². The van der Waals surface area contributed by atoms with Crippen molar-refractivity contribution in [2.45, 2.75) is 45.4 Å². The number of amides is 2. The Balaban J connectivity index is 2.52. The Bertz CT molecular complexity index is 361. The number of hydrogen-bond donors (Lipinski definition) is 2. The molecule has 1 rings (SSSR count). The van der Waals surface area contributed by atoms with Gasteiger partial charge in [0.1, 0.15) is 11.6 Å². The molecule has 0 unspecified atom stereocenters. The molecule has 2 atom stereocenters. The highest BCUT2D eigenvalue weighted by molar-refractivity contribution is 6.01. The van der Waals surface area contributed by atoms with Crippen LogP contribution in [0.3, 0.4) is 0 Å². The molecule has 18 heavy (non-hydrogen) atoms. The maximum atomic E-state index is 11.5. The van der Waals surface area contributed by atoms with Crippen molar-refractivity contribution in [3.05, 3.63) is 0 Å². The van der Waals surface area contributed by atoms with Crippen molar-refractivity contribution in [2.75, 3.05) is 6.61 Å². The molecule has 0 radical (unpaired) electrons. The van der Waals surface area contributed by atoms with Gasteiger partial charge in [-0.05, 0) is 27.7 Å². The predicted octanol–water partition coefficient (Wildman–Crippen LogP) is -0.0588. The van der Waals surface area contributed by atoms with E-state index >= 15 is 0 Å². The molecule has 0 aromatic rings. The summed E-state index contributed by atoms with van der Waals surface area (Å²) < 4.78 is 9.76. The first-order chi connectivity index (χ1) is 8.24. The molecule has 1 heterocycles. The second-order valence-corrected chi connectivity index (χ2v) is 4.86. The minimum atomic E-state index is -0.932. The highest BCUT2D eigenvalue weighted by Gasteiger charge is 2.46. The molecule has 1 aliphatic heterocycles. The molecule has 0 aliphatic carbocycles. The summed E-state index contributed by atoms with van der Waals surface area (Å²) >= 11 is 0. The van der Waals surface area contributed by atoms with E-state index in [-0.39, 0.29) is 6.61 Å². The van der Waals surface area contributed by atoms with Crippen LogP contribution < -0.4 is 10.6 Å². The van der Waals surface area contributed by atoms with E-state index in [0.717, 1.165) is 0 Å². The van der Waals surface area contributed by atoms with E-state index in [4.69, 9.17) is 9.47 Å². The fraction of sp³-hybridized carbons (Fsp3) is 0.727. The van der Waals surface area contributed by atoms with E-state index in [9.17, 15) is 14.4 Å². The monoisotopic (exact) mass is 258 g/mol. The zero-order valence-corrected chi connectivity index (χ0v) is 10.9. The van der Waals surface area contributed by atoms with Gasteiger partial charge >= 0.3 is 12.1 Å². The molecule has 0 bridgehead atoms. The average molecular weight is 258 g/mol. The molecule has 7 heteroatoms. The van der Waals surface area contributed by atoms with Gasteiger partial charge in [-0.3, -0.25) is 4.79 Å². The molecule has 7 nitrogen and oxygen atoms in total. The zero-order valence-electron chi connectivity index (χ0n) is 10.9. The molecule has 0 spiro atoms. The van der Waals surface area contributed by atoms with Crippen LogP contribution in [-0.4, -0.2) is 42.3 Å². The molecule has 1 aliphatic rings. The molecule has 0 saturated carbocycles. The molecule has 1 saturated heterocycles. The van der Waals surface area contributed by atoms with Crippen LogP contribution in [0.2, 0.25) is 0 Å². The maximum Gasteiger partial charge on any atom is 0.408 e. The number of ether oxygens (including phenoxy) is 2. The average Bonchev–Trinajstić information content (AvgIpc) is 2.20. The second-order valence-electron chi connectivity index (χ2n) is 4.86. The number of β-lactam (4-membered cyclic amide) rings is 1. The molecule has 1 fully saturated rings. The number of rotatable bonds is 3. The van der Waals surface area contributed by atoms with Crippen LogP contribution in [0.25, 0.3) is 0 Å². The zero-order chi connectivity index (χ0) is 13.9. The molecule has 2 amide bonds. The van der Waals surface area contributed by atoms with Crippen LogP contribution in [-0.2, 0) is 19.1 Å². The van der Waals surface area contributed by atoms with Gasteiger partial charge in [0.15, 0.2) is 6.04 Å². The van der Waals surface area contributed by atoms with Crippen molar-refractivity contribution in [2.24, 2.45) is 0 Å². The number of alkyl carbamates (subject to hydrolysis) is 1. The van der Waals surface area contributed by atoms with Crippen LogP contribution in [0, 0.1) is 0 Å². The first-order valence-electron chi connectivity index (χ1n) is 5.71. The van der Waals surface area contributed by atoms with Crippen molar-refractivity contribution in [3.63, 3.8) is 0 Å². The minimum Gasteiger partial charge on any atom is -0.464 e. The Kier molecular flexibility index (Phi) is 4.15. The summed E-state index contributed by atoms with van der Waals surface area (Å²) in [6, 6.07) is -1.77. The summed E-state index contributed by atoms with van der Waals surface area (Å²) in [6.45, 7) is 6.99. The van der Waals surface area contributed by atoms with Gasteiger partial charge in [0.05, 0.1) is 6.61 Å². The van der Waals surface area contributed by atoms with E-state index in [1.54, 1.807) is 27.7 Å². The topological polar surface area (TPSA) is 93.7 Å². The van der Waals surface area contributed by atoms with Crippen LogP contribution in [0.1, 0.15) is 27.7 Å². The Morgan fingerprint density at radius 1 is 1.39 bits per heavy atom. The number of carbonyl (C=O) groups is 3. The molecular formula is C11H18N2O5. The fourth-order valence-electron chi connectivity index (χ4n) is 1.39. The lowest BCUT2D eigenvalue weighted by atomic mass is 9.99. The van der Waals surface area contributed by atoms with Gasteiger partial charge in [-0.1, -0.05) is 0 Å². The third-order valence-corrected chi connectivity index (χ3v) is 2.13. The number of nitrogens with one attached hydrogen (secondary N) is 2. The van der Waals surface area contributed by atoms with Gasteiger partial charge in [0.25, 0.3) is 0 Å². The predicted molar refractivity (Wildman–Crippen MR) is 61.7 cm³/mol. The van der Waals surface area contributed by atoms with Crippen LogP contribution >= 0.6 is 0 Å². The number of esters is 1. The molecular weight excluding hydrogens is 240 g/mol. The lowest BCUT2D eigenvalue weighted by Crippen LogP contribution is -2.72. The lowest BCUT2D eigenvalue weighted by Gasteiger charge is -2.35. The van der Waals surface area contributed by atoms with Crippen molar-refractivity contribution >= 4 is 18.0 Å². The first kappa shape index (κ1) is 14.3. The smallest absolute Gasteiger partial charge is 0.408 e. The molecule has 0 aromatic carbocycles. The molecule has 2 N–H and O–H groups in total. The number of hydrogen-bond acceptors (Lipinski definition) is 5. The third-order valence-electron chi connectivity index (χ3n) is 2.13. The Morgan fingerprint density at radius 3 is 2.44 bits per heavy atom. The minimum absolute atomic E-state index is 0.213. The van der Waals surface area contributed by atoms with E-state index < -0.39 is 35.7 Å². The van der Waals surface area contributed by atoms with E-state index in [2.05, 4.69) is 10.6 Å². The quantitative estimate of drug-likeness (QED) is 0.546. The van der Waals surface area contributed by atoms with Crippen molar-refractivity contribution in [1.82, 2.24) is 10.6 Å². The van der Waals surface area contributed by atoms with E-state index in [1.165, 1.54) is 0 Å². The van der Waals surface area contributed by atoms with Gasteiger partial charge in [-0.2, -0.15) is 0 Å². The molecule has 0 aromatic heterocycles. The standard InChI is InChI=1S/C11H18N2O5/c1-5-17-9(15)7-6(8(14)12-7)13-10(16)18-11(2,3)4/h6-7H,5H2,1-4H3,(H,12,14)(H,13,16)/t6-,7-/m0/s1. The van der Waals surface area contributed by atoms with Crippen LogP contribution in [0.5, 0.6) is 0 Å². The summed E-state index contributed by atoms with van der Waals surface area (Å²) in [7, 11) is 0. The lowest BCUT2D eigenvalue weighted by molar-refractivity contribution is -0.154. The second kappa shape index (κ2) is 5.24. The largest absolute Gasteiger partial charge is 0.464 e. The van der Waals surface area contributed by atoms with Crippen molar-refractivity contribution < 1.29 is 23.9 Å². The maximum absolute atomic E-state index is 11.5. The third kappa shape index (κ3) is 3.61. The van der Waals surface area contributed by atoms with Gasteiger partial charge in [-0.25, -0.2) is 9.59 Å². The summed E-state index contributed by atoms with van der Waals surface area (Å²) in [5, 5.41) is 4.70. The van der Waals surface area contributed by atoms with Crippen molar-refractivity contribution in [1.29, 1.82) is 0 Å². The Hall–Kier alpha value is -1.79. The van der Waals surface area contributed by atoms with E-state index in [1.807, 2.05) is 0 Å². The Labute approximate surface area is 105 Å². The van der Waals surface area contributed by atoms with Gasteiger partial charge in [-0.15, -0.1) is 0 Å². The van der Waals surface area contributed by atoms with Crippen LogP contribution in [0.15, 0.2) is 0 Å². The van der Waals surface area contributed by atoms with Gasteiger partial charge in [0, 0.05) is 0 Å². The fourth-order valence-corrected chi connectivity index (χ4v) is 1.39. The van der Waals surface area contributed by atoms with Gasteiger partial charge < -0.3 is 20.1 Å². The molecule has 102 valence electrons. The highest BCUT2D eigenvalue weighted by atomic mass is 16.6. The summed E-state index contributed by atoms with van der Waals surface area (Å²) in [5.74, 6) is -1.00. The van der Waals surface area contributed by atoms with E-state index in [0.29, 0.717) is 0 Å². The van der Waals surface area contributed by atoms with Gasteiger partial charge in [0.2, 0.25) is 5.91 Å². The normalized spacial score (nSPS) is 22.6. The van der Waals surface area contributed by atoms with Crippen molar-refractivity contribution in [3.8, 4) is 0 Å². The number of carbonyl (C=O) groups excluding carboxylic acids is 3. The summed E-state index contributed by atoms with van der Waals surface area (Å²) in [5.41, 5.74) is -0.663. The Morgan fingerprint density at radius 2 is 2.00 bits per heavy atom. The highest BCUT2D eigenvalue weighted by Crippen LogP contribution is 2.11. The summed E-state index contributed by atoms with van der Waals surface area (Å²) in [6.07, 6.45) is -0.739. The summed E-state index contributed by atoms with van der Waals surface area (Å²) in [4.78, 5) is 34.1. The SMILES string of the molecule is CCOC(=O)[C@H]1NC(=O)[C@H]1NC(=O)OC(C)(C)C. The first-order valence-corrected chi connectivity index (χ1v) is 5.71.